The summed E-state index contributed by atoms with van der Waals surface area (Å²) in [5, 5.41) is 13.7. The van der Waals surface area contributed by atoms with Gasteiger partial charge >= 0.3 is 0 Å². The Hall–Kier alpha value is -2.09. The molecule has 0 aliphatic heterocycles. The van der Waals surface area contributed by atoms with Crippen LogP contribution in [0.15, 0.2) is 24.3 Å². The molecule has 0 bridgehead atoms. The summed E-state index contributed by atoms with van der Waals surface area (Å²) in [7, 11) is 0. The van der Waals surface area contributed by atoms with Gasteiger partial charge in [0.2, 0.25) is 5.91 Å². The lowest BCUT2D eigenvalue weighted by Crippen LogP contribution is -2.30. The van der Waals surface area contributed by atoms with Crippen LogP contribution in [-0.4, -0.2) is 19.0 Å². The van der Waals surface area contributed by atoms with E-state index in [0.717, 1.165) is 0 Å². The molecule has 0 saturated heterocycles. The van der Waals surface area contributed by atoms with Crippen LogP contribution in [0.4, 0.5) is 10.1 Å². The fourth-order valence-corrected chi connectivity index (χ4v) is 1.07. The van der Waals surface area contributed by atoms with Crippen LogP contribution in [0.1, 0.15) is 6.42 Å². The van der Waals surface area contributed by atoms with Crippen LogP contribution in [0, 0.1) is 17.1 Å². The number of carbonyl (C=O) groups excluding carboxylic acids is 1. The average Bonchev–Trinajstić information content (AvgIpc) is 2.29. The summed E-state index contributed by atoms with van der Waals surface area (Å²) in [6, 6.07) is 7.66. The number of amides is 1. The first kappa shape index (κ1) is 12.0. The zero-order valence-electron chi connectivity index (χ0n) is 8.66. The van der Waals surface area contributed by atoms with E-state index in [1.165, 1.54) is 12.1 Å². The van der Waals surface area contributed by atoms with Crippen molar-refractivity contribution < 1.29 is 9.18 Å². The van der Waals surface area contributed by atoms with Gasteiger partial charge in [-0.15, -0.1) is 0 Å². The minimum atomic E-state index is -0.316. The van der Waals surface area contributed by atoms with Crippen LogP contribution in [0.5, 0.6) is 0 Å². The molecule has 0 atom stereocenters. The minimum absolute atomic E-state index is 0.108. The summed E-state index contributed by atoms with van der Waals surface area (Å²) in [5.41, 5.74) is 0.678. The lowest BCUT2D eigenvalue weighted by molar-refractivity contribution is -0.119. The molecule has 84 valence electrons. The summed E-state index contributed by atoms with van der Waals surface area (Å²) < 4.78 is 12.6. The Morgan fingerprint density at radius 1 is 1.38 bits per heavy atom. The first-order valence-electron chi connectivity index (χ1n) is 4.85. The second-order valence-corrected chi connectivity index (χ2v) is 3.12. The number of hydrogen-bond donors (Lipinski definition) is 2. The van der Waals surface area contributed by atoms with Crippen molar-refractivity contribution >= 4 is 11.6 Å². The molecule has 4 nitrogen and oxygen atoms in total. The molecule has 5 heteroatoms. The van der Waals surface area contributed by atoms with E-state index in [9.17, 15) is 9.18 Å². The number of hydrogen-bond acceptors (Lipinski definition) is 3. The van der Waals surface area contributed by atoms with Crippen molar-refractivity contribution in [2.75, 3.05) is 18.4 Å². The molecule has 0 spiro atoms. The van der Waals surface area contributed by atoms with Gasteiger partial charge in [-0.3, -0.25) is 4.79 Å². The SMILES string of the molecule is N#CCCNC(=O)CNc1ccc(F)cc1. The molecule has 1 rings (SSSR count). The summed E-state index contributed by atoms with van der Waals surface area (Å²) in [6.45, 7) is 0.456. The topological polar surface area (TPSA) is 64.9 Å². The van der Waals surface area contributed by atoms with E-state index < -0.39 is 0 Å². The number of nitrogens with zero attached hydrogens (tertiary/aromatic N) is 1. The van der Waals surface area contributed by atoms with Crippen molar-refractivity contribution in [2.24, 2.45) is 0 Å². The van der Waals surface area contributed by atoms with Crippen LogP contribution in [0.2, 0.25) is 0 Å². The third-order valence-corrected chi connectivity index (χ3v) is 1.86. The highest BCUT2D eigenvalue weighted by Crippen LogP contribution is 2.07. The summed E-state index contributed by atoms with van der Waals surface area (Å²) in [5.74, 6) is -0.511. The number of anilines is 1. The standard InChI is InChI=1S/C11H12FN3O/c12-9-2-4-10(5-3-9)15-8-11(16)14-7-1-6-13/h2-5,15H,1,7-8H2,(H,14,16). The molecule has 2 N–H and O–H groups in total. The first-order valence-corrected chi connectivity index (χ1v) is 4.85. The molecule has 16 heavy (non-hydrogen) atoms. The molecule has 1 aromatic carbocycles. The lowest BCUT2D eigenvalue weighted by atomic mass is 10.3. The van der Waals surface area contributed by atoms with E-state index >= 15 is 0 Å². The summed E-state index contributed by atoms with van der Waals surface area (Å²) in [4.78, 5) is 11.2. The van der Waals surface area contributed by atoms with Crippen LogP contribution in [0.3, 0.4) is 0 Å². The molecule has 1 aromatic rings. The van der Waals surface area contributed by atoms with Gasteiger partial charge in [0.15, 0.2) is 0 Å². The van der Waals surface area contributed by atoms with Crippen molar-refractivity contribution in [3.05, 3.63) is 30.1 Å². The Labute approximate surface area is 93.1 Å². The largest absolute Gasteiger partial charge is 0.376 e. The third kappa shape index (κ3) is 4.42. The van der Waals surface area contributed by atoms with Crippen molar-refractivity contribution in [2.45, 2.75) is 6.42 Å². The monoisotopic (exact) mass is 221 g/mol. The molecule has 0 heterocycles. The maximum Gasteiger partial charge on any atom is 0.239 e. The van der Waals surface area contributed by atoms with Crippen LogP contribution in [-0.2, 0) is 4.79 Å². The van der Waals surface area contributed by atoms with Gasteiger partial charge in [-0.05, 0) is 24.3 Å². The molecular formula is C11H12FN3O. The Balaban J connectivity index is 2.26. The van der Waals surface area contributed by atoms with Gasteiger partial charge in [0.05, 0.1) is 19.0 Å². The van der Waals surface area contributed by atoms with Gasteiger partial charge in [-0.2, -0.15) is 5.26 Å². The number of nitrogens with one attached hydrogen (secondary N) is 2. The van der Waals surface area contributed by atoms with Gasteiger partial charge in [0, 0.05) is 12.2 Å². The molecule has 0 radical (unpaired) electrons. The van der Waals surface area contributed by atoms with Gasteiger partial charge < -0.3 is 10.6 Å². The number of carbonyl (C=O) groups is 1. The number of halogens is 1. The minimum Gasteiger partial charge on any atom is -0.376 e. The molecule has 0 aromatic heterocycles. The Bertz CT molecular complexity index is 383. The summed E-state index contributed by atoms with van der Waals surface area (Å²) >= 11 is 0. The fourth-order valence-electron chi connectivity index (χ4n) is 1.07. The zero-order chi connectivity index (χ0) is 11.8. The maximum atomic E-state index is 12.6. The van der Waals surface area contributed by atoms with Gasteiger partial charge in [-0.1, -0.05) is 0 Å². The van der Waals surface area contributed by atoms with E-state index in [1.807, 2.05) is 6.07 Å². The zero-order valence-corrected chi connectivity index (χ0v) is 8.66. The molecule has 0 fully saturated rings. The molecular weight excluding hydrogens is 209 g/mol. The molecule has 0 aliphatic carbocycles. The second kappa shape index (κ2) is 6.40. The van der Waals surface area contributed by atoms with E-state index in [-0.39, 0.29) is 18.3 Å². The number of rotatable bonds is 5. The quantitative estimate of drug-likeness (QED) is 0.736. The molecule has 0 saturated carbocycles. The predicted molar refractivity (Wildman–Crippen MR) is 58.1 cm³/mol. The van der Waals surface area contributed by atoms with Crippen LogP contribution >= 0.6 is 0 Å². The van der Waals surface area contributed by atoms with E-state index in [1.54, 1.807) is 12.1 Å². The Kier molecular flexibility index (Phi) is 4.80. The molecule has 1 amide bonds. The van der Waals surface area contributed by atoms with Gasteiger partial charge in [-0.25, -0.2) is 4.39 Å². The highest BCUT2D eigenvalue weighted by atomic mass is 19.1. The second-order valence-electron chi connectivity index (χ2n) is 3.12. The Morgan fingerprint density at radius 2 is 2.06 bits per heavy atom. The molecule has 0 unspecified atom stereocenters. The normalized spacial score (nSPS) is 9.25. The fraction of sp³-hybridized carbons (Fsp3) is 0.273. The smallest absolute Gasteiger partial charge is 0.239 e. The summed E-state index contributed by atoms with van der Waals surface area (Å²) in [6.07, 6.45) is 0.294. The lowest BCUT2D eigenvalue weighted by Gasteiger charge is -2.06. The van der Waals surface area contributed by atoms with Crippen LogP contribution in [0.25, 0.3) is 0 Å². The van der Waals surface area contributed by atoms with Crippen molar-refractivity contribution in [1.82, 2.24) is 5.32 Å². The van der Waals surface area contributed by atoms with Crippen LogP contribution < -0.4 is 10.6 Å². The molecule has 0 aliphatic rings. The van der Waals surface area contributed by atoms with E-state index in [4.69, 9.17) is 5.26 Å². The number of nitriles is 1. The number of benzene rings is 1. The van der Waals surface area contributed by atoms with Gasteiger partial charge in [0.1, 0.15) is 5.82 Å². The van der Waals surface area contributed by atoms with Crippen molar-refractivity contribution in [3.8, 4) is 6.07 Å². The highest BCUT2D eigenvalue weighted by molar-refractivity contribution is 5.80. The van der Waals surface area contributed by atoms with E-state index in [0.29, 0.717) is 18.7 Å². The predicted octanol–water partition coefficient (Wildman–Crippen LogP) is 1.27. The van der Waals surface area contributed by atoms with Gasteiger partial charge in [0.25, 0.3) is 0 Å². The van der Waals surface area contributed by atoms with E-state index in [2.05, 4.69) is 10.6 Å². The van der Waals surface area contributed by atoms with Crippen molar-refractivity contribution in [3.63, 3.8) is 0 Å². The Morgan fingerprint density at radius 3 is 2.69 bits per heavy atom. The average molecular weight is 221 g/mol. The highest BCUT2D eigenvalue weighted by Gasteiger charge is 1.99. The van der Waals surface area contributed by atoms with Crippen molar-refractivity contribution in [1.29, 1.82) is 5.26 Å². The maximum absolute atomic E-state index is 12.6. The third-order valence-electron chi connectivity index (χ3n) is 1.86. The first-order chi connectivity index (χ1) is 7.72.